The molecule has 0 radical (unpaired) electrons. The van der Waals surface area contributed by atoms with Crippen LogP contribution < -0.4 is 0 Å². The van der Waals surface area contributed by atoms with Crippen LogP contribution in [-0.4, -0.2) is 58.9 Å². The number of fused-ring (bicyclic) bond motifs is 1. The molecule has 6 heteroatoms. The van der Waals surface area contributed by atoms with Crippen molar-refractivity contribution >= 4 is 23.4 Å². The average molecular weight is 553 g/mol. The maximum absolute atomic E-state index is 14.5. The van der Waals surface area contributed by atoms with Crippen LogP contribution in [-0.2, 0) is 15.0 Å². The van der Waals surface area contributed by atoms with Crippen LogP contribution in [0.1, 0.15) is 68.4 Å². The number of carboxylic acids is 1. The third-order valence-corrected chi connectivity index (χ3v) is 9.51. The van der Waals surface area contributed by atoms with Crippen LogP contribution in [0.25, 0.3) is 5.57 Å². The Morgan fingerprint density at radius 2 is 1.54 bits per heavy atom. The van der Waals surface area contributed by atoms with Crippen molar-refractivity contribution in [2.24, 2.45) is 10.8 Å². The van der Waals surface area contributed by atoms with Gasteiger partial charge in [-0.05, 0) is 61.1 Å². The molecular formula is C35H40N2O4. The molecule has 0 aromatic heterocycles. The molecule has 0 bridgehead atoms. The molecule has 214 valence electrons. The molecule has 0 saturated carbocycles. The summed E-state index contributed by atoms with van der Waals surface area (Å²) in [7, 11) is 0. The topological polar surface area (TPSA) is 77.9 Å². The fourth-order valence-corrected chi connectivity index (χ4v) is 7.40. The zero-order valence-electron chi connectivity index (χ0n) is 24.5. The minimum Gasteiger partial charge on any atom is -0.478 e. The van der Waals surface area contributed by atoms with Gasteiger partial charge in [0.2, 0.25) is 11.8 Å². The van der Waals surface area contributed by atoms with Gasteiger partial charge in [0.25, 0.3) is 0 Å². The molecule has 2 amide bonds. The number of hydrogen-bond donors (Lipinski definition) is 1. The third kappa shape index (κ3) is 5.05. The highest BCUT2D eigenvalue weighted by Gasteiger charge is 2.50. The van der Waals surface area contributed by atoms with E-state index in [2.05, 4.69) is 45.1 Å². The molecule has 1 N–H and O–H groups in total. The zero-order valence-corrected chi connectivity index (χ0v) is 24.5. The molecule has 2 heterocycles. The van der Waals surface area contributed by atoms with E-state index in [1.807, 2.05) is 47.1 Å². The molecule has 0 spiro atoms. The Balaban J connectivity index is 1.42. The maximum atomic E-state index is 14.5. The Bertz CT molecular complexity index is 1430. The van der Waals surface area contributed by atoms with Gasteiger partial charge in [-0.15, -0.1) is 0 Å². The van der Waals surface area contributed by atoms with Gasteiger partial charge < -0.3 is 14.9 Å². The SMILES string of the molecule is C/C=C/C(=O)N1CCC(C(=O)N2CC=C3C(C)(C)C(c4ccc(C(=O)O)cc4)=CC[C@]3(C)C2)(c2ccccc2)CC1. The number of piperidine rings is 1. The van der Waals surface area contributed by atoms with Crippen LogP contribution in [0.4, 0.5) is 0 Å². The Labute approximate surface area is 243 Å². The maximum Gasteiger partial charge on any atom is 0.335 e. The van der Waals surface area contributed by atoms with E-state index < -0.39 is 11.4 Å². The number of likely N-dealkylation sites (tertiary alicyclic amines) is 1. The summed E-state index contributed by atoms with van der Waals surface area (Å²) in [5, 5.41) is 9.31. The number of aromatic carboxylic acids is 1. The van der Waals surface area contributed by atoms with Crippen LogP contribution in [0.3, 0.4) is 0 Å². The molecule has 1 aliphatic carbocycles. The van der Waals surface area contributed by atoms with Gasteiger partial charge in [0.15, 0.2) is 0 Å². The predicted octanol–water partition coefficient (Wildman–Crippen LogP) is 6.11. The molecular weight excluding hydrogens is 512 g/mol. The van der Waals surface area contributed by atoms with Gasteiger partial charge in [0.1, 0.15) is 0 Å². The molecule has 6 nitrogen and oxygen atoms in total. The minimum atomic E-state index is -0.927. The lowest BCUT2D eigenvalue weighted by molar-refractivity contribution is -0.143. The molecule has 41 heavy (non-hydrogen) atoms. The van der Waals surface area contributed by atoms with Crippen LogP contribution >= 0.6 is 0 Å². The van der Waals surface area contributed by atoms with E-state index in [-0.39, 0.29) is 28.2 Å². The third-order valence-electron chi connectivity index (χ3n) is 9.51. The quantitative estimate of drug-likeness (QED) is 0.359. The highest BCUT2D eigenvalue weighted by atomic mass is 16.4. The van der Waals surface area contributed by atoms with Gasteiger partial charge in [-0.2, -0.15) is 0 Å². The van der Waals surface area contributed by atoms with E-state index in [0.29, 0.717) is 39.0 Å². The number of benzene rings is 2. The number of carboxylic acid groups (broad SMARTS) is 1. The summed E-state index contributed by atoms with van der Waals surface area (Å²) in [6.07, 6.45) is 9.90. The second kappa shape index (κ2) is 10.8. The second-order valence-electron chi connectivity index (χ2n) is 12.5. The van der Waals surface area contributed by atoms with Gasteiger partial charge in [0, 0.05) is 37.0 Å². The van der Waals surface area contributed by atoms with Crippen molar-refractivity contribution < 1.29 is 19.5 Å². The van der Waals surface area contributed by atoms with Gasteiger partial charge in [-0.1, -0.05) is 87.0 Å². The average Bonchev–Trinajstić information content (AvgIpc) is 2.97. The van der Waals surface area contributed by atoms with E-state index >= 15 is 0 Å². The monoisotopic (exact) mass is 552 g/mol. The lowest BCUT2D eigenvalue weighted by Crippen LogP contribution is -2.57. The van der Waals surface area contributed by atoms with Gasteiger partial charge in [-0.3, -0.25) is 9.59 Å². The first kappa shape index (κ1) is 28.6. The minimum absolute atomic E-state index is 0.00398. The van der Waals surface area contributed by atoms with Crippen LogP contribution in [0.5, 0.6) is 0 Å². The molecule has 2 aromatic carbocycles. The smallest absolute Gasteiger partial charge is 0.335 e. The number of rotatable bonds is 5. The fourth-order valence-electron chi connectivity index (χ4n) is 7.40. The van der Waals surface area contributed by atoms with Gasteiger partial charge in [-0.25, -0.2) is 4.79 Å². The normalized spacial score (nSPS) is 23.4. The zero-order chi connectivity index (χ0) is 29.4. The van der Waals surface area contributed by atoms with Gasteiger partial charge >= 0.3 is 5.97 Å². The molecule has 1 fully saturated rings. The van der Waals surface area contributed by atoms with Crippen molar-refractivity contribution in [3.8, 4) is 0 Å². The van der Waals surface area contributed by atoms with E-state index in [1.54, 1.807) is 24.3 Å². The number of allylic oxidation sites excluding steroid dienone is 3. The van der Waals surface area contributed by atoms with Crippen LogP contribution in [0, 0.1) is 10.8 Å². The summed E-state index contributed by atoms with van der Waals surface area (Å²) in [6, 6.07) is 17.2. The van der Waals surface area contributed by atoms with E-state index in [9.17, 15) is 19.5 Å². The summed E-state index contributed by atoms with van der Waals surface area (Å²) in [6.45, 7) is 10.9. The summed E-state index contributed by atoms with van der Waals surface area (Å²) >= 11 is 0. The van der Waals surface area contributed by atoms with Crippen LogP contribution in [0.2, 0.25) is 0 Å². The molecule has 5 rings (SSSR count). The summed E-state index contributed by atoms with van der Waals surface area (Å²) in [4.78, 5) is 42.3. The Kier molecular flexibility index (Phi) is 7.54. The number of hydrogen-bond acceptors (Lipinski definition) is 3. The van der Waals surface area contributed by atoms with Crippen molar-refractivity contribution in [3.63, 3.8) is 0 Å². The van der Waals surface area contributed by atoms with Crippen molar-refractivity contribution in [1.82, 2.24) is 9.80 Å². The van der Waals surface area contributed by atoms with E-state index in [0.717, 1.165) is 17.5 Å². The van der Waals surface area contributed by atoms with Crippen molar-refractivity contribution in [2.45, 2.75) is 52.4 Å². The molecule has 1 atom stereocenters. The summed E-state index contributed by atoms with van der Waals surface area (Å²) < 4.78 is 0. The predicted molar refractivity (Wildman–Crippen MR) is 161 cm³/mol. The lowest BCUT2D eigenvalue weighted by Gasteiger charge is -2.52. The molecule has 2 aromatic rings. The van der Waals surface area contributed by atoms with Crippen molar-refractivity contribution in [3.05, 3.63) is 101 Å². The second-order valence-corrected chi connectivity index (χ2v) is 12.5. The number of carbonyl (C=O) groups is 3. The van der Waals surface area contributed by atoms with Crippen molar-refractivity contribution in [1.29, 1.82) is 0 Å². The highest BCUT2D eigenvalue weighted by Crippen LogP contribution is 2.55. The largest absolute Gasteiger partial charge is 0.478 e. The molecule has 2 aliphatic heterocycles. The lowest BCUT2D eigenvalue weighted by atomic mass is 9.58. The Morgan fingerprint density at radius 3 is 2.15 bits per heavy atom. The first-order chi connectivity index (χ1) is 19.5. The molecule has 0 unspecified atom stereocenters. The van der Waals surface area contributed by atoms with E-state index in [4.69, 9.17) is 0 Å². The first-order valence-electron chi connectivity index (χ1n) is 14.5. The fraction of sp³-hybridized carbons (Fsp3) is 0.400. The Hall–Kier alpha value is -3.93. The van der Waals surface area contributed by atoms with E-state index in [1.165, 1.54) is 11.1 Å². The molecule has 1 saturated heterocycles. The Morgan fingerprint density at radius 1 is 0.878 bits per heavy atom. The standard InChI is InChI=1S/C35H40N2O4/c1-5-9-30(38)36-22-19-35(20-23-36,27-10-7-6-8-11-27)32(41)37-21-17-29-33(2,3)28(16-18-34(29,4)24-37)25-12-14-26(15-13-25)31(39)40/h5-17H,18-24H2,1-4H3,(H,39,40)/b9-5+/t34-/m1/s1. The number of amides is 2. The van der Waals surface area contributed by atoms with Crippen molar-refractivity contribution in [2.75, 3.05) is 26.2 Å². The first-order valence-corrected chi connectivity index (χ1v) is 14.5. The van der Waals surface area contributed by atoms with Crippen LogP contribution in [0.15, 0.2) is 84.5 Å². The molecule has 3 aliphatic rings. The number of carbonyl (C=O) groups excluding carboxylic acids is 2. The highest BCUT2D eigenvalue weighted by molar-refractivity contribution is 5.91. The number of nitrogens with zero attached hydrogens (tertiary/aromatic N) is 2. The summed E-state index contributed by atoms with van der Waals surface area (Å²) in [5.41, 5.74) is 3.73. The van der Waals surface area contributed by atoms with Gasteiger partial charge in [0.05, 0.1) is 11.0 Å². The summed E-state index contributed by atoms with van der Waals surface area (Å²) in [5.74, 6) is -0.774.